The van der Waals surface area contributed by atoms with Crippen LogP contribution in [-0.4, -0.2) is 30.7 Å². The van der Waals surface area contributed by atoms with Crippen LogP contribution in [0.2, 0.25) is 0 Å². The Hall–Kier alpha value is -2.27. The maximum absolute atomic E-state index is 12.3. The Kier molecular flexibility index (Phi) is 6.65. The number of methoxy groups -OCH3 is 1. The van der Waals surface area contributed by atoms with Gasteiger partial charge in [-0.25, -0.2) is 0 Å². The van der Waals surface area contributed by atoms with Gasteiger partial charge in [0, 0.05) is 10.5 Å². The number of carbonyl (C=O) groups excluding carboxylic acids is 2. The molecule has 25 heavy (non-hydrogen) atoms. The molecule has 132 valence electrons. The fraction of sp³-hybridized carbons (Fsp3) is 0.300. The molecule has 0 aromatic heterocycles. The second-order valence-corrected chi connectivity index (χ2v) is 6.80. The van der Waals surface area contributed by atoms with Crippen LogP contribution in [0.4, 0.5) is 0 Å². The summed E-state index contributed by atoms with van der Waals surface area (Å²) in [6.45, 7) is 5.63. The molecular formula is C20H22O4S. The molecule has 0 saturated heterocycles. The highest BCUT2D eigenvalue weighted by molar-refractivity contribution is 8.00. The Morgan fingerprint density at radius 3 is 2.36 bits per heavy atom. The number of esters is 1. The highest BCUT2D eigenvalue weighted by Crippen LogP contribution is 2.23. The lowest BCUT2D eigenvalue weighted by Gasteiger charge is -2.13. The number of carbonyl (C=O) groups is 2. The van der Waals surface area contributed by atoms with E-state index in [1.165, 1.54) is 17.3 Å². The summed E-state index contributed by atoms with van der Waals surface area (Å²) in [5.74, 6) is 0.211. The van der Waals surface area contributed by atoms with Gasteiger partial charge < -0.3 is 9.47 Å². The van der Waals surface area contributed by atoms with Gasteiger partial charge in [-0.1, -0.05) is 17.7 Å². The summed E-state index contributed by atoms with van der Waals surface area (Å²) in [4.78, 5) is 25.4. The largest absolute Gasteiger partial charge is 0.497 e. The van der Waals surface area contributed by atoms with Gasteiger partial charge in [0.05, 0.1) is 12.9 Å². The molecule has 0 saturated carbocycles. The molecule has 0 amide bonds. The molecule has 0 bridgehead atoms. The molecule has 0 N–H and O–H groups in total. The van der Waals surface area contributed by atoms with Crippen molar-refractivity contribution in [1.82, 2.24) is 0 Å². The van der Waals surface area contributed by atoms with Crippen molar-refractivity contribution in [3.05, 3.63) is 59.2 Å². The van der Waals surface area contributed by atoms with Crippen molar-refractivity contribution in [1.29, 1.82) is 0 Å². The lowest BCUT2D eigenvalue weighted by molar-refractivity contribution is -0.143. The molecule has 0 fully saturated rings. The number of hydrogen-bond donors (Lipinski definition) is 0. The van der Waals surface area contributed by atoms with Crippen molar-refractivity contribution in [3.63, 3.8) is 0 Å². The topological polar surface area (TPSA) is 52.6 Å². The van der Waals surface area contributed by atoms with E-state index in [1.54, 1.807) is 38.3 Å². The van der Waals surface area contributed by atoms with E-state index in [0.717, 1.165) is 10.5 Å². The van der Waals surface area contributed by atoms with Crippen LogP contribution >= 0.6 is 11.8 Å². The Bertz CT molecular complexity index is 753. The smallest absolute Gasteiger partial charge is 0.316 e. The monoisotopic (exact) mass is 358 g/mol. The van der Waals surface area contributed by atoms with E-state index in [0.29, 0.717) is 11.3 Å². The molecule has 1 atom stereocenters. The molecule has 0 heterocycles. The van der Waals surface area contributed by atoms with Crippen LogP contribution in [-0.2, 0) is 9.53 Å². The Labute approximate surface area is 152 Å². The lowest BCUT2D eigenvalue weighted by Crippen LogP contribution is -2.25. The maximum Gasteiger partial charge on any atom is 0.316 e. The molecule has 2 rings (SSSR count). The number of thioether (sulfide) groups is 1. The lowest BCUT2D eigenvalue weighted by atomic mass is 10.1. The molecule has 0 aliphatic heterocycles. The van der Waals surface area contributed by atoms with Gasteiger partial charge in [0.2, 0.25) is 5.78 Å². The fourth-order valence-corrected chi connectivity index (χ4v) is 3.16. The van der Waals surface area contributed by atoms with Crippen LogP contribution in [0.25, 0.3) is 0 Å². The number of ether oxygens (including phenoxy) is 2. The second kappa shape index (κ2) is 8.72. The van der Waals surface area contributed by atoms with E-state index >= 15 is 0 Å². The predicted molar refractivity (Wildman–Crippen MR) is 99.5 cm³/mol. The summed E-state index contributed by atoms with van der Waals surface area (Å²) in [6, 6.07) is 12.8. The van der Waals surface area contributed by atoms with E-state index in [4.69, 9.17) is 9.47 Å². The van der Waals surface area contributed by atoms with Gasteiger partial charge in [0.15, 0.2) is 6.10 Å². The summed E-state index contributed by atoms with van der Waals surface area (Å²) in [7, 11) is 1.56. The van der Waals surface area contributed by atoms with Gasteiger partial charge >= 0.3 is 5.97 Å². The minimum atomic E-state index is -0.819. The molecule has 2 aromatic carbocycles. The Morgan fingerprint density at radius 2 is 1.76 bits per heavy atom. The van der Waals surface area contributed by atoms with Gasteiger partial charge in [-0.15, -0.1) is 11.8 Å². The third-order valence-corrected chi connectivity index (χ3v) is 4.88. The van der Waals surface area contributed by atoms with Crippen molar-refractivity contribution >= 4 is 23.5 Å². The molecule has 4 nitrogen and oxygen atoms in total. The average molecular weight is 358 g/mol. The molecule has 0 aliphatic carbocycles. The second-order valence-electron chi connectivity index (χ2n) is 5.78. The van der Waals surface area contributed by atoms with E-state index in [9.17, 15) is 9.59 Å². The van der Waals surface area contributed by atoms with E-state index in [-0.39, 0.29) is 11.5 Å². The van der Waals surface area contributed by atoms with Crippen LogP contribution in [0.5, 0.6) is 5.75 Å². The number of ketones is 1. The summed E-state index contributed by atoms with van der Waals surface area (Å²) >= 11 is 1.42. The predicted octanol–water partition coefficient (Wildman–Crippen LogP) is 4.22. The van der Waals surface area contributed by atoms with Crippen LogP contribution in [0, 0.1) is 13.8 Å². The SMILES string of the molecule is COc1ccc(C(=O)[C@H](C)OC(=O)CSc2ccc(C)cc2C)cc1. The van der Waals surface area contributed by atoms with Crippen molar-refractivity contribution in [3.8, 4) is 5.75 Å². The molecule has 5 heteroatoms. The fourth-order valence-electron chi connectivity index (χ4n) is 2.37. The first-order valence-electron chi connectivity index (χ1n) is 7.98. The number of rotatable bonds is 7. The normalized spacial score (nSPS) is 11.7. The van der Waals surface area contributed by atoms with Gasteiger partial charge in [0.25, 0.3) is 0 Å². The minimum Gasteiger partial charge on any atom is -0.497 e. The van der Waals surface area contributed by atoms with Gasteiger partial charge in [-0.3, -0.25) is 9.59 Å². The molecule has 0 spiro atoms. The highest BCUT2D eigenvalue weighted by Gasteiger charge is 2.19. The number of benzene rings is 2. The first-order chi connectivity index (χ1) is 11.9. The van der Waals surface area contributed by atoms with Crippen molar-refractivity contribution < 1.29 is 19.1 Å². The summed E-state index contributed by atoms with van der Waals surface area (Å²) in [6.07, 6.45) is -0.819. The number of Topliss-reactive ketones (excluding diaryl/α,β-unsaturated/α-hetero) is 1. The minimum absolute atomic E-state index is 0.171. The van der Waals surface area contributed by atoms with Crippen LogP contribution in [0.15, 0.2) is 47.4 Å². The van der Waals surface area contributed by atoms with Gasteiger partial charge in [-0.2, -0.15) is 0 Å². The van der Waals surface area contributed by atoms with E-state index in [1.807, 2.05) is 26.0 Å². The van der Waals surface area contributed by atoms with Crippen molar-refractivity contribution in [2.45, 2.75) is 31.8 Å². The molecule has 0 unspecified atom stereocenters. The van der Waals surface area contributed by atoms with E-state index in [2.05, 4.69) is 6.07 Å². The molecule has 0 aliphatic rings. The van der Waals surface area contributed by atoms with Crippen LogP contribution < -0.4 is 4.74 Å². The van der Waals surface area contributed by atoms with Gasteiger partial charge in [0.1, 0.15) is 5.75 Å². The number of aryl methyl sites for hydroxylation is 2. The standard InChI is InChI=1S/C20H22O4S/c1-13-5-10-18(14(2)11-13)25-12-19(21)24-15(3)20(22)16-6-8-17(23-4)9-7-16/h5-11,15H,12H2,1-4H3/t15-/m0/s1. The maximum atomic E-state index is 12.3. The summed E-state index contributed by atoms with van der Waals surface area (Å²) < 4.78 is 10.3. The highest BCUT2D eigenvalue weighted by atomic mass is 32.2. The van der Waals surface area contributed by atoms with E-state index < -0.39 is 12.1 Å². The molecule has 0 radical (unpaired) electrons. The molecule has 2 aromatic rings. The first-order valence-corrected chi connectivity index (χ1v) is 8.97. The third kappa shape index (κ3) is 5.36. The van der Waals surface area contributed by atoms with Crippen LogP contribution in [0.3, 0.4) is 0 Å². The Balaban J connectivity index is 1.89. The van der Waals surface area contributed by atoms with Crippen LogP contribution in [0.1, 0.15) is 28.4 Å². The van der Waals surface area contributed by atoms with Gasteiger partial charge in [-0.05, 0) is 56.7 Å². The summed E-state index contributed by atoms with van der Waals surface area (Å²) in [5, 5.41) is 0. The zero-order valence-corrected chi connectivity index (χ0v) is 15.7. The third-order valence-electron chi connectivity index (χ3n) is 3.73. The summed E-state index contributed by atoms with van der Waals surface area (Å²) in [5.41, 5.74) is 2.80. The van der Waals surface area contributed by atoms with Crippen molar-refractivity contribution in [2.24, 2.45) is 0 Å². The Morgan fingerprint density at radius 1 is 1.08 bits per heavy atom. The zero-order valence-electron chi connectivity index (χ0n) is 14.9. The average Bonchev–Trinajstić information content (AvgIpc) is 2.60. The zero-order chi connectivity index (χ0) is 18.4. The quantitative estimate of drug-likeness (QED) is 0.421. The molecular weight excluding hydrogens is 336 g/mol. The van der Waals surface area contributed by atoms with Crippen molar-refractivity contribution in [2.75, 3.05) is 12.9 Å². The first kappa shape index (κ1) is 19.1. The number of hydrogen-bond acceptors (Lipinski definition) is 5.